The van der Waals surface area contributed by atoms with E-state index >= 15 is 0 Å². The standard InChI is InChI=1S/C31H39NO6S2/c1-30(2,3)38-29(35)32-27(28(33)34)19-39-18-20-7-9-25(10-8-20)40(36,37)26-6-4-5-24(14-26)31-15-21-11-22(16-31)13-23(12-21)17-31/h4-10,14,21-23,27H,11-13,15-19H2,1-3H3,(H,32,35)(H,33,34). The van der Waals surface area contributed by atoms with Crippen LogP contribution in [0, 0.1) is 17.8 Å². The second-order valence-electron chi connectivity index (χ2n) is 12.9. The third-order valence-electron chi connectivity index (χ3n) is 8.57. The molecule has 4 fully saturated rings. The second-order valence-corrected chi connectivity index (χ2v) is 15.9. The number of amides is 1. The fourth-order valence-corrected chi connectivity index (χ4v) is 9.59. The van der Waals surface area contributed by atoms with Crippen molar-refractivity contribution in [1.82, 2.24) is 5.32 Å². The maximum absolute atomic E-state index is 13.6. The van der Waals surface area contributed by atoms with Gasteiger partial charge in [0.15, 0.2) is 0 Å². The molecule has 1 unspecified atom stereocenters. The molecule has 2 N–H and O–H groups in total. The zero-order chi connectivity index (χ0) is 28.7. The number of carbonyl (C=O) groups is 2. The van der Waals surface area contributed by atoms with Crippen molar-refractivity contribution in [1.29, 1.82) is 0 Å². The van der Waals surface area contributed by atoms with E-state index in [1.165, 1.54) is 55.9 Å². The molecule has 9 heteroatoms. The van der Waals surface area contributed by atoms with Crippen LogP contribution < -0.4 is 5.32 Å². The van der Waals surface area contributed by atoms with E-state index in [-0.39, 0.29) is 16.1 Å². The molecule has 0 heterocycles. The summed E-state index contributed by atoms with van der Waals surface area (Å²) in [5.74, 6) is 1.84. The maximum Gasteiger partial charge on any atom is 0.408 e. The zero-order valence-electron chi connectivity index (χ0n) is 23.4. The number of thioether (sulfide) groups is 1. The third kappa shape index (κ3) is 6.35. The lowest BCUT2D eigenvalue weighted by atomic mass is 9.48. The monoisotopic (exact) mass is 585 g/mol. The summed E-state index contributed by atoms with van der Waals surface area (Å²) in [7, 11) is -3.67. The van der Waals surface area contributed by atoms with E-state index in [2.05, 4.69) is 11.4 Å². The van der Waals surface area contributed by atoms with E-state index in [9.17, 15) is 23.1 Å². The van der Waals surface area contributed by atoms with Crippen molar-refractivity contribution >= 4 is 33.7 Å². The molecule has 0 aromatic heterocycles. The molecule has 7 nitrogen and oxygen atoms in total. The summed E-state index contributed by atoms with van der Waals surface area (Å²) in [4.78, 5) is 24.2. The molecule has 40 heavy (non-hydrogen) atoms. The first kappa shape index (κ1) is 29.0. The normalized spacial score (nSPS) is 26.3. The van der Waals surface area contributed by atoms with Gasteiger partial charge in [-0.2, -0.15) is 11.8 Å². The van der Waals surface area contributed by atoms with Gasteiger partial charge in [0.2, 0.25) is 9.84 Å². The quantitative estimate of drug-likeness (QED) is 0.361. The van der Waals surface area contributed by atoms with E-state index in [1.807, 2.05) is 12.1 Å². The summed E-state index contributed by atoms with van der Waals surface area (Å²) in [5, 5.41) is 11.9. The Morgan fingerprint density at radius 2 is 1.60 bits per heavy atom. The molecule has 4 saturated carbocycles. The molecule has 0 radical (unpaired) electrons. The van der Waals surface area contributed by atoms with Crippen molar-refractivity contribution in [2.45, 2.75) is 91.9 Å². The molecule has 4 bridgehead atoms. The molecule has 216 valence electrons. The third-order valence-corrected chi connectivity index (χ3v) is 11.4. The van der Waals surface area contributed by atoms with E-state index in [0.29, 0.717) is 10.6 Å². The number of rotatable bonds is 9. The van der Waals surface area contributed by atoms with Crippen LogP contribution in [-0.2, 0) is 30.5 Å². The molecule has 4 aliphatic rings. The van der Waals surface area contributed by atoms with E-state index < -0.39 is 33.5 Å². The Bertz CT molecular complexity index is 1330. The zero-order valence-corrected chi connectivity index (χ0v) is 25.0. The first-order valence-electron chi connectivity index (χ1n) is 14.1. The van der Waals surface area contributed by atoms with Gasteiger partial charge in [-0.1, -0.05) is 24.3 Å². The number of benzene rings is 2. The van der Waals surface area contributed by atoms with Crippen LogP contribution in [0.4, 0.5) is 4.79 Å². The Morgan fingerprint density at radius 1 is 1.00 bits per heavy atom. The highest BCUT2D eigenvalue weighted by molar-refractivity contribution is 7.98. The highest BCUT2D eigenvalue weighted by atomic mass is 32.2. The Morgan fingerprint density at radius 3 is 2.15 bits per heavy atom. The number of carboxylic acid groups (broad SMARTS) is 1. The molecule has 6 rings (SSSR count). The van der Waals surface area contributed by atoms with Gasteiger partial charge in [-0.15, -0.1) is 0 Å². The van der Waals surface area contributed by atoms with Crippen LogP contribution in [0.3, 0.4) is 0 Å². The fourth-order valence-electron chi connectivity index (χ4n) is 7.28. The fraction of sp³-hybridized carbons (Fsp3) is 0.548. The topological polar surface area (TPSA) is 110 Å². The average molecular weight is 586 g/mol. The molecule has 2 aromatic rings. The number of nitrogens with one attached hydrogen (secondary N) is 1. The number of aliphatic carboxylic acids is 1. The van der Waals surface area contributed by atoms with Crippen molar-refractivity contribution < 1.29 is 27.9 Å². The summed E-state index contributed by atoms with van der Waals surface area (Å²) in [5.41, 5.74) is 1.47. The molecule has 2 aromatic carbocycles. The van der Waals surface area contributed by atoms with Gasteiger partial charge in [0.05, 0.1) is 9.79 Å². The molecule has 1 amide bonds. The average Bonchev–Trinajstić information content (AvgIpc) is 2.86. The van der Waals surface area contributed by atoms with Crippen LogP contribution in [0.25, 0.3) is 0 Å². The molecular formula is C31H39NO6S2. The number of alkyl carbamates (subject to hydrolysis) is 1. The predicted octanol–water partition coefficient (Wildman–Crippen LogP) is 6.20. The number of carbonyl (C=O) groups excluding carboxylic acids is 1. The molecule has 0 aliphatic heterocycles. The minimum Gasteiger partial charge on any atom is -0.480 e. The minimum atomic E-state index is -3.67. The second kappa shape index (κ2) is 11.0. The van der Waals surface area contributed by atoms with Gasteiger partial charge in [-0.3, -0.25) is 0 Å². The highest BCUT2D eigenvalue weighted by Crippen LogP contribution is 2.60. The van der Waals surface area contributed by atoms with Crippen LogP contribution in [-0.4, -0.2) is 43.0 Å². The van der Waals surface area contributed by atoms with Crippen LogP contribution in [0.1, 0.15) is 70.4 Å². The van der Waals surface area contributed by atoms with Gasteiger partial charge in [0.25, 0.3) is 0 Å². The lowest BCUT2D eigenvalue weighted by Gasteiger charge is -2.57. The van der Waals surface area contributed by atoms with Crippen molar-refractivity contribution in [3.05, 3.63) is 59.7 Å². The van der Waals surface area contributed by atoms with Gasteiger partial charge in [-0.25, -0.2) is 18.0 Å². The van der Waals surface area contributed by atoms with Gasteiger partial charge in [0.1, 0.15) is 11.6 Å². The molecule has 0 spiro atoms. The van der Waals surface area contributed by atoms with Crippen LogP contribution in [0.15, 0.2) is 58.3 Å². The number of hydrogen-bond acceptors (Lipinski definition) is 6. The molecule has 0 saturated heterocycles. The first-order chi connectivity index (χ1) is 18.8. The van der Waals surface area contributed by atoms with Gasteiger partial charge >= 0.3 is 12.1 Å². The smallest absolute Gasteiger partial charge is 0.408 e. The summed E-state index contributed by atoms with van der Waals surface area (Å²) in [6, 6.07) is 13.3. The summed E-state index contributed by atoms with van der Waals surface area (Å²) >= 11 is 1.34. The first-order valence-corrected chi connectivity index (χ1v) is 16.7. The number of hydrogen-bond donors (Lipinski definition) is 2. The lowest BCUT2D eigenvalue weighted by molar-refractivity contribution is -0.138. The van der Waals surface area contributed by atoms with E-state index in [1.54, 1.807) is 51.1 Å². The maximum atomic E-state index is 13.6. The Kier molecular flexibility index (Phi) is 8.00. The summed E-state index contributed by atoms with van der Waals surface area (Å²) in [6.07, 6.45) is 6.82. The molecule has 1 atom stereocenters. The summed E-state index contributed by atoms with van der Waals surface area (Å²) in [6.45, 7) is 5.13. The largest absolute Gasteiger partial charge is 0.480 e. The summed E-state index contributed by atoms with van der Waals surface area (Å²) < 4.78 is 32.3. The Hall–Kier alpha value is -2.52. The number of ether oxygens (including phenoxy) is 1. The number of carboxylic acids is 1. The predicted molar refractivity (Wildman–Crippen MR) is 155 cm³/mol. The minimum absolute atomic E-state index is 0.132. The Labute approximate surface area is 241 Å². The molecular weight excluding hydrogens is 546 g/mol. The van der Waals surface area contributed by atoms with E-state index in [0.717, 1.165) is 23.3 Å². The van der Waals surface area contributed by atoms with Crippen LogP contribution in [0.5, 0.6) is 0 Å². The van der Waals surface area contributed by atoms with Gasteiger partial charge < -0.3 is 15.2 Å². The van der Waals surface area contributed by atoms with Crippen molar-refractivity contribution in [2.24, 2.45) is 17.8 Å². The van der Waals surface area contributed by atoms with Gasteiger partial charge in [0, 0.05) is 11.5 Å². The van der Waals surface area contributed by atoms with Crippen LogP contribution in [0.2, 0.25) is 0 Å². The SMILES string of the molecule is CC(C)(C)OC(=O)NC(CSCc1ccc(S(=O)(=O)c2cccc(C34CC5CC(CC(C5)C3)C4)c2)cc1)C(=O)O. The van der Waals surface area contributed by atoms with Gasteiger partial charge in [-0.05, 0) is 118 Å². The lowest BCUT2D eigenvalue weighted by Crippen LogP contribution is -2.48. The Balaban J connectivity index is 1.22. The number of sulfone groups is 1. The van der Waals surface area contributed by atoms with Crippen molar-refractivity contribution in [3.8, 4) is 0 Å². The van der Waals surface area contributed by atoms with Crippen molar-refractivity contribution in [3.63, 3.8) is 0 Å². The van der Waals surface area contributed by atoms with Crippen LogP contribution >= 0.6 is 11.8 Å². The molecule has 4 aliphatic carbocycles. The van der Waals surface area contributed by atoms with E-state index in [4.69, 9.17) is 4.74 Å². The highest BCUT2D eigenvalue weighted by Gasteiger charge is 2.51. The van der Waals surface area contributed by atoms with Crippen molar-refractivity contribution in [2.75, 3.05) is 5.75 Å².